The Morgan fingerprint density at radius 1 is 1.32 bits per heavy atom. The van der Waals surface area contributed by atoms with E-state index in [0.29, 0.717) is 17.1 Å². The molecule has 0 aromatic heterocycles. The molecule has 104 valence electrons. The highest BCUT2D eigenvalue weighted by Gasteiger charge is 2.19. The minimum absolute atomic E-state index is 0.0844. The summed E-state index contributed by atoms with van der Waals surface area (Å²) in [6.45, 7) is 4.20. The summed E-state index contributed by atoms with van der Waals surface area (Å²) in [5.74, 6) is -0.848. The van der Waals surface area contributed by atoms with Crippen LogP contribution in [0, 0.1) is 5.92 Å². The van der Waals surface area contributed by atoms with Gasteiger partial charge in [0.05, 0.1) is 6.04 Å². The van der Waals surface area contributed by atoms with Gasteiger partial charge in [0.1, 0.15) is 0 Å². The molecule has 0 spiro atoms. The van der Waals surface area contributed by atoms with Gasteiger partial charge in [0.2, 0.25) is 11.8 Å². The first-order chi connectivity index (χ1) is 8.82. The maximum Gasteiger partial charge on any atom is 0.248 e. The number of nitrogens with one attached hydrogen (secondary N) is 1. The molecule has 1 atom stereocenters. The first-order valence-electron chi connectivity index (χ1n) is 5.94. The van der Waals surface area contributed by atoms with Crippen molar-refractivity contribution in [2.45, 2.75) is 26.4 Å². The lowest BCUT2D eigenvalue weighted by atomic mass is 10.0. The van der Waals surface area contributed by atoms with Crippen LogP contribution in [-0.4, -0.2) is 17.9 Å². The van der Waals surface area contributed by atoms with E-state index >= 15 is 0 Å². The fraction of sp³-hybridized carbons (Fsp3) is 0.385. The first kappa shape index (κ1) is 15.5. The molecule has 5 N–H and O–H groups in total. The van der Waals surface area contributed by atoms with Crippen molar-refractivity contribution in [1.29, 1.82) is 0 Å². The molecule has 6 heteroatoms. The summed E-state index contributed by atoms with van der Waals surface area (Å²) in [5.41, 5.74) is 11.6. The molecule has 5 nitrogen and oxygen atoms in total. The Kier molecular flexibility index (Phi) is 5.32. The third kappa shape index (κ3) is 4.22. The van der Waals surface area contributed by atoms with Crippen molar-refractivity contribution >= 4 is 23.4 Å². The van der Waals surface area contributed by atoms with Gasteiger partial charge < -0.3 is 16.8 Å². The van der Waals surface area contributed by atoms with Crippen LogP contribution in [0.5, 0.6) is 0 Å². The first-order valence-corrected chi connectivity index (χ1v) is 6.31. The standard InChI is InChI=1S/C13H18ClN3O2/c1-7(2)11(13(16)19)17-6-9-4-3-8(12(15)18)5-10(9)14/h3-5,7,11,17H,6H2,1-2H3,(H2,15,18)(H2,16,19). The monoisotopic (exact) mass is 283 g/mol. The van der Waals surface area contributed by atoms with Gasteiger partial charge in [-0.1, -0.05) is 31.5 Å². The maximum absolute atomic E-state index is 11.3. The molecule has 0 radical (unpaired) electrons. The molecule has 19 heavy (non-hydrogen) atoms. The van der Waals surface area contributed by atoms with Crippen molar-refractivity contribution in [1.82, 2.24) is 5.32 Å². The van der Waals surface area contributed by atoms with Crippen LogP contribution in [0.25, 0.3) is 0 Å². The Morgan fingerprint density at radius 2 is 1.95 bits per heavy atom. The molecule has 2 amide bonds. The molecule has 1 unspecified atom stereocenters. The Labute approximate surface area is 117 Å². The largest absolute Gasteiger partial charge is 0.368 e. The predicted molar refractivity (Wildman–Crippen MR) is 74.6 cm³/mol. The third-order valence-electron chi connectivity index (χ3n) is 2.82. The number of rotatable bonds is 6. The minimum atomic E-state index is -0.529. The van der Waals surface area contributed by atoms with Crippen LogP contribution in [0.3, 0.4) is 0 Å². The van der Waals surface area contributed by atoms with E-state index in [9.17, 15) is 9.59 Å². The summed E-state index contributed by atoms with van der Waals surface area (Å²) < 4.78 is 0. The molecule has 0 heterocycles. The molecule has 0 aliphatic carbocycles. The number of hydrogen-bond acceptors (Lipinski definition) is 3. The normalized spacial score (nSPS) is 12.4. The van der Waals surface area contributed by atoms with E-state index in [1.54, 1.807) is 12.1 Å². The van der Waals surface area contributed by atoms with Crippen LogP contribution in [0.2, 0.25) is 5.02 Å². The fourth-order valence-corrected chi connectivity index (χ4v) is 1.98. The van der Waals surface area contributed by atoms with Gasteiger partial charge in [-0.05, 0) is 23.6 Å². The number of primary amides is 2. The van der Waals surface area contributed by atoms with Gasteiger partial charge in [-0.15, -0.1) is 0 Å². The van der Waals surface area contributed by atoms with Crippen LogP contribution in [-0.2, 0) is 11.3 Å². The van der Waals surface area contributed by atoms with E-state index in [1.807, 2.05) is 13.8 Å². The highest BCUT2D eigenvalue weighted by atomic mass is 35.5. The SMILES string of the molecule is CC(C)C(NCc1ccc(C(N)=O)cc1Cl)C(N)=O. The number of hydrogen-bond donors (Lipinski definition) is 3. The van der Waals surface area contributed by atoms with E-state index in [2.05, 4.69) is 5.32 Å². The van der Waals surface area contributed by atoms with Crippen molar-refractivity contribution in [2.75, 3.05) is 0 Å². The van der Waals surface area contributed by atoms with Crippen molar-refractivity contribution in [2.24, 2.45) is 17.4 Å². The summed E-state index contributed by atoms with van der Waals surface area (Å²) in [5, 5.41) is 3.48. The molecular weight excluding hydrogens is 266 g/mol. The molecule has 0 aliphatic rings. The van der Waals surface area contributed by atoms with Gasteiger partial charge in [-0.3, -0.25) is 9.59 Å². The lowest BCUT2D eigenvalue weighted by Crippen LogP contribution is -2.44. The molecule has 0 saturated heterocycles. The summed E-state index contributed by atoms with van der Waals surface area (Å²) >= 11 is 6.05. The van der Waals surface area contributed by atoms with Crippen molar-refractivity contribution in [3.63, 3.8) is 0 Å². The smallest absolute Gasteiger partial charge is 0.248 e. The number of carbonyl (C=O) groups is 2. The van der Waals surface area contributed by atoms with E-state index in [-0.39, 0.29) is 5.92 Å². The lowest BCUT2D eigenvalue weighted by Gasteiger charge is -2.19. The molecule has 0 saturated carbocycles. The van der Waals surface area contributed by atoms with Gasteiger partial charge in [0.15, 0.2) is 0 Å². The summed E-state index contributed by atoms with van der Waals surface area (Å²) in [6, 6.07) is 4.38. The maximum atomic E-state index is 11.3. The highest BCUT2D eigenvalue weighted by Crippen LogP contribution is 2.18. The predicted octanol–water partition coefficient (Wildman–Crippen LogP) is 1.04. The second kappa shape index (κ2) is 6.54. The second-order valence-corrected chi connectivity index (χ2v) is 5.08. The zero-order valence-corrected chi connectivity index (χ0v) is 11.7. The number of nitrogens with two attached hydrogens (primary N) is 2. The van der Waals surface area contributed by atoms with Crippen LogP contribution < -0.4 is 16.8 Å². The summed E-state index contributed by atoms with van der Waals surface area (Å²) in [4.78, 5) is 22.3. The zero-order chi connectivity index (χ0) is 14.6. The van der Waals surface area contributed by atoms with Crippen LogP contribution in [0.4, 0.5) is 0 Å². The Balaban J connectivity index is 2.78. The topological polar surface area (TPSA) is 98.2 Å². The number of amides is 2. The molecule has 0 fully saturated rings. The number of benzene rings is 1. The zero-order valence-electron chi connectivity index (χ0n) is 10.9. The molecule has 0 aliphatic heterocycles. The quantitative estimate of drug-likeness (QED) is 0.727. The fourth-order valence-electron chi connectivity index (χ4n) is 1.73. The molecular formula is C13H18ClN3O2. The minimum Gasteiger partial charge on any atom is -0.368 e. The molecule has 1 rings (SSSR count). The lowest BCUT2D eigenvalue weighted by molar-refractivity contribution is -0.121. The average molecular weight is 284 g/mol. The van der Waals surface area contributed by atoms with Crippen LogP contribution in [0.15, 0.2) is 18.2 Å². The Hall–Kier alpha value is -1.59. The van der Waals surface area contributed by atoms with Gasteiger partial charge in [-0.2, -0.15) is 0 Å². The third-order valence-corrected chi connectivity index (χ3v) is 3.18. The van der Waals surface area contributed by atoms with Gasteiger partial charge >= 0.3 is 0 Å². The average Bonchev–Trinajstić information content (AvgIpc) is 2.29. The van der Waals surface area contributed by atoms with E-state index in [1.165, 1.54) is 6.07 Å². The van der Waals surface area contributed by atoms with Crippen molar-refractivity contribution in [3.8, 4) is 0 Å². The molecule has 1 aromatic carbocycles. The number of halogens is 1. The second-order valence-electron chi connectivity index (χ2n) is 4.68. The Bertz CT molecular complexity index is 489. The summed E-state index contributed by atoms with van der Waals surface area (Å²) in [6.07, 6.45) is 0. The van der Waals surface area contributed by atoms with E-state index < -0.39 is 17.9 Å². The summed E-state index contributed by atoms with van der Waals surface area (Å²) in [7, 11) is 0. The highest BCUT2D eigenvalue weighted by molar-refractivity contribution is 6.31. The van der Waals surface area contributed by atoms with Gasteiger partial charge in [0.25, 0.3) is 0 Å². The van der Waals surface area contributed by atoms with Crippen LogP contribution >= 0.6 is 11.6 Å². The Morgan fingerprint density at radius 3 is 2.37 bits per heavy atom. The molecule has 0 bridgehead atoms. The van der Waals surface area contributed by atoms with E-state index in [0.717, 1.165) is 5.56 Å². The van der Waals surface area contributed by atoms with Crippen molar-refractivity contribution in [3.05, 3.63) is 34.3 Å². The van der Waals surface area contributed by atoms with Crippen LogP contribution in [0.1, 0.15) is 29.8 Å². The van der Waals surface area contributed by atoms with Crippen molar-refractivity contribution < 1.29 is 9.59 Å². The van der Waals surface area contributed by atoms with E-state index in [4.69, 9.17) is 23.1 Å². The van der Waals surface area contributed by atoms with Gasteiger partial charge in [-0.25, -0.2) is 0 Å². The number of carbonyl (C=O) groups excluding carboxylic acids is 2. The molecule has 1 aromatic rings. The van der Waals surface area contributed by atoms with Gasteiger partial charge in [0, 0.05) is 17.1 Å².